The second kappa shape index (κ2) is 5.53. The van der Waals surface area contributed by atoms with E-state index in [9.17, 15) is 0 Å². The van der Waals surface area contributed by atoms with E-state index in [-0.39, 0.29) is 5.84 Å². The molecule has 1 aromatic heterocycles. The van der Waals surface area contributed by atoms with Gasteiger partial charge in [0.25, 0.3) is 0 Å². The first-order chi connectivity index (χ1) is 9.11. The maximum absolute atomic E-state index is 8.68. The minimum Gasteiger partial charge on any atom is -0.409 e. The van der Waals surface area contributed by atoms with Gasteiger partial charge in [0, 0.05) is 18.3 Å². The van der Waals surface area contributed by atoms with Crippen molar-refractivity contribution in [2.24, 2.45) is 10.9 Å². The molecule has 1 heterocycles. The first-order valence-corrected chi connectivity index (χ1v) is 5.79. The number of halogens is 1. The number of hydrogen-bond acceptors (Lipinski definition) is 5. The third-order valence-electron chi connectivity index (χ3n) is 2.54. The lowest BCUT2D eigenvalue weighted by atomic mass is 10.2. The summed E-state index contributed by atoms with van der Waals surface area (Å²) in [4.78, 5) is 10.0. The number of rotatable bonds is 3. The quantitative estimate of drug-likeness (QED) is 0.388. The fraction of sp³-hybridized carbons (Fsp3) is 0.0833. The summed E-state index contributed by atoms with van der Waals surface area (Å²) in [5.41, 5.74) is 6.98. The van der Waals surface area contributed by atoms with Crippen molar-refractivity contribution in [3.05, 3.63) is 47.2 Å². The third kappa shape index (κ3) is 2.92. The molecule has 0 aliphatic rings. The predicted octanol–water partition coefficient (Wildman–Crippen LogP) is 1.99. The summed E-state index contributed by atoms with van der Waals surface area (Å²) in [6, 6.07) is 7.18. The standard InChI is InChI=1S/C12H12ClN5O/c1-18(12-15-6-9(13)7-16-12)10-4-2-3-8(5-10)11(14)17-19/h2-7,19H,1H3,(H2,14,17). The molecule has 0 aliphatic heterocycles. The zero-order valence-corrected chi connectivity index (χ0v) is 10.9. The van der Waals surface area contributed by atoms with Crippen molar-refractivity contribution in [1.29, 1.82) is 0 Å². The smallest absolute Gasteiger partial charge is 0.229 e. The van der Waals surface area contributed by atoms with E-state index >= 15 is 0 Å². The number of hydrogen-bond donors (Lipinski definition) is 2. The average Bonchev–Trinajstić information content (AvgIpc) is 2.46. The van der Waals surface area contributed by atoms with Crippen molar-refractivity contribution >= 4 is 29.1 Å². The van der Waals surface area contributed by atoms with Gasteiger partial charge in [0.2, 0.25) is 5.95 Å². The molecule has 2 rings (SSSR count). The molecule has 3 N–H and O–H groups in total. The van der Waals surface area contributed by atoms with Crippen LogP contribution in [0.25, 0.3) is 0 Å². The molecule has 0 amide bonds. The Morgan fingerprint density at radius 3 is 2.68 bits per heavy atom. The zero-order valence-electron chi connectivity index (χ0n) is 10.2. The molecule has 0 atom stereocenters. The van der Waals surface area contributed by atoms with E-state index in [0.29, 0.717) is 16.5 Å². The predicted molar refractivity (Wildman–Crippen MR) is 74.1 cm³/mol. The molecule has 19 heavy (non-hydrogen) atoms. The van der Waals surface area contributed by atoms with E-state index in [4.69, 9.17) is 22.5 Å². The van der Waals surface area contributed by atoms with Crippen molar-refractivity contribution in [3.8, 4) is 0 Å². The highest BCUT2D eigenvalue weighted by Gasteiger charge is 2.08. The Kier molecular flexibility index (Phi) is 3.82. The fourth-order valence-electron chi connectivity index (χ4n) is 1.53. The molecular weight excluding hydrogens is 266 g/mol. The van der Waals surface area contributed by atoms with Crippen LogP contribution in [0.2, 0.25) is 5.02 Å². The Balaban J connectivity index is 2.33. The zero-order chi connectivity index (χ0) is 13.8. The van der Waals surface area contributed by atoms with Gasteiger partial charge in [-0.05, 0) is 12.1 Å². The Morgan fingerprint density at radius 2 is 2.05 bits per heavy atom. The number of nitrogens with zero attached hydrogens (tertiary/aromatic N) is 4. The van der Waals surface area contributed by atoms with Crippen LogP contribution in [-0.4, -0.2) is 28.1 Å². The largest absolute Gasteiger partial charge is 0.409 e. The highest BCUT2D eigenvalue weighted by molar-refractivity contribution is 6.30. The molecule has 98 valence electrons. The second-order valence-corrected chi connectivity index (χ2v) is 4.23. The van der Waals surface area contributed by atoms with E-state index in [1.165, 1.54) is 12.4 Å². The Labute approximate surface area is 115 Å². The van der Waals surface area contributed by atoms with Crippen LogP contribution in [0.4, 0.5) is 11.6 Å². The summed E-state index contributed by atoms with van der Waals surface area (Å²) in [7, 11) is 1.81. The molecule has 0 bridgehead atoms. The highest BCUT2D eigenvalue weighted by atomic mass is 35.5. The van der Waals surface area contributed by atoms with Gasteiger partial charge in [0.1, 0.15) is 0 Å². The third-order valence-corrected chi connectivity index (χ3v) is 2.74. The molecule has 0 saturated heterocycles. The van der Waals surface area contributed by atoms with E-state index in [0.717, 1.165) is 5.69 Å². The van der Waals surface area contributed by atoms with Gasteiger partial charge in [-0.3, -0.25) is 0 Å². The second-order valence-electron chi connectivity index (χ2n) is 3.80. The first kappa shape index (κ1) is 13.1. The van der Waals surface area contributed by atoms with Crippen LogP contribution < -0.4 is 10.6 Å². The first-order valence-electron chi connectivity index (χ1n) is 5.41. The van der Waals surface area contributed by atoms with Crippen LogP contribution in [0, 0.1) is 0 Å². The van der Waals surface area contributed by atoms with E-state index in [1.807, 2.05) is 13.1 Å². The van der Waals surface area contributed by atoms with Crippen molar-refractivity contribution < 1.29 is 5.21 Å². The van der Waals surface area contributed by atoms with Crippen LogP contribution in [0.15, 0.2) is 41.8 Å². The van der Waals surface area contributed by atoms with Crippen LogP contribution in [0.3, 0.4) is 0 Å². The maximum Gasteiger partial charge on any atom is 0.229 e. The maximum atomic E-state index is 8.68. The molecule has 0 radical (unpaired) electrons. The molecule has 1 aromatic carbocycles. The number of oxime groups is 1. The molecule has 6 nitrogen and oxygen atoms in total. The van der Waals surface area contributed by atoms with E-state index < -0.39 is 0 Å². The van der Waals surface area contributed by atoms with Crippen LogP contribution in [0.5, 0.6) is 0 Å². The molecule has 7 heteroatoms. The molecular formula is C12H12ClN5O. The van der Waals surface area contributed by atoms with E-state index in [2.05, 4.69) is 15.1 Å². The topological polar surface area (TPSA) is 87.6 Å². The normalized spacial score (nSPS) is 11.4. The van der Waals surface area contributed by atoms with E-state index in [1.54, 1.807) is 23.1 Å². The number of anilines is 2. The average molecular weight is 278 g/mol. The summed E-state index contributed by atoms with van der Waals surface area (Å²) < 4.78 is 0. The van der Waals surface area contributed by atoms with Gasteiger partial charge in [-0.15, -0.1) is 0 Å². The molecule has 0 fully saturated rings. The van der Waals surface area contributed by atoms with Crippen molar-refractivity contribution in [2.45, 2.75) is 0 Å². The lowest BCUT2D eigenvalue weighted by Crippen LogP contribution is -2.16. The van der Waals surface area contributed by atoms with Crippen molar-refractivity contribution in [2.75, 3.05) is 11.9 Å². The van der Waals surface area contributed by atoms with Gasteiger partial charge >= 0.3 is 0 Å². The minimum absolute atomic E-state index is 0.0484. The summed E-state index contributed by atoms with van der Waals surface area (Å²) in [5.74, 6) is 0.549. The van der Waals surface area contributed by atoms with Gasteiger partial charge < -0.3 is 15.8 Å². The molecule has 0 aliphatic carbocycles. The number of amidine groups is 1. The van der Waals surface area contributed by atoms with Crippen LogP contribution in [-0.2, 0) is 0 Å². The van der Waals surface area contributed by atoms with Crippen LogP contribution >= 0.6 is 11.6 Å². The Hall–Kier alpha value is -2.34. The molecule has 2 aromatic rings. The highest BCUT2D eigenvalue weighted by Crippen LogP contribution is 2.21. The number of nitrogens with two attached hydrogens (primary N) is 1. The minimum atomic E-state index is 0.0484. The van der Waals surface area contributed by atoms with Crippen molar-refractivity contribution in [1.82, 2.24) is 9.97 Å². The summed E-state index contributed by atoms with van der Waals surface area (Å²) in [6.07, 6.45) is 3.04. The van der Waals surface area contributed by atoms with Gasteiger partial charge in [0.05, 0.1) is 17.4 Å². The van der Waals surface area contributed by atoms with Gasteiger partial charge in [-0.2, -0.15) is 0 Å². The van der Waals surface area contributed by atoms with Gasteiger partial charge in [0.15, 0.2) is 5.84 Å². The number of benzene rings is 1. The Bertz CT molecular complexity index is 599. The van der Waals surface area contributed by atoms with Crippen molar-refractivity contribution in [3.63, 3.8) is 0 Å². The van der Waals surface area contributed by atoms with Gasteiger partial charge in [-0.1, -0.05) is 28.9 Å². The molecule has 0 spiro atoms. The molecule has 0 unspecified atom stereocenters. The van der Waals surface area contributed by atoms with Crippen LogP contribution in [0.1, 0.15) is 5.56 Å². The summed E-state index contributed by atoms with van der Waals surface area (Å²) in [5, 5.41) is 12.1. The monoisotopic (exact) mass is 277 g/mol. The number of aromatic nitrogens is 2. The lowest BCUT2D eigenvalue weighted by Gasteiger charge is -2.17. The van der Waals surface area contributed by atoms with Gasteiger partial charge in [-0.25, -0.2) is 9.97 Å². The summed E-state index contributed by atoms with van der Waals surface area (Å²) in [6.45, 7) is 0. The Morgan fingerprint density at radius 1 is 1.37 bits per heavy atom. The lowest BCUT2D eigenvalue weighted by molar-refractivity contribution is 0.318. The summed E-state index contributed by atoms with van der Waals surface area (Å²) >= 11 is 5.74. The molecule has 0 saturated carbocycles. The SMILES string of the molecule is CN(c1cccc(/C(N)=N/O)c1)c1ncc(Cl)cn1. The fourth-order valence-corrected chi connectivity index (χ4v) is 1.62.